The van der Waals surface area contributed by atoms with Crippen molar-refractivity contribution in [1.82, 2.24) is 10.3 Å². The first-order valence-electron chi connectivity index (χ1n) is 8.36. The minimum Gasteiger partial charge on any atom is -0.379 e. The third kappa shape index (κ3) is 6.79. The van der Waals surface area contributed by atoms with Gasteiger partial charge in [-0.3, -0.25) is 10.1 Å². The Morgan fingerprint density at radius 1 is 1.07 bits per heavy atom. The van der Waals surface area contributed by atoms with Crippen LogP contribution in [0.3, 0.4) is 0 Å². The highest BCUT2D eigenvalue weighted by Crippen LogP contribution is 2.26. The lowest BCUT2D eigenvalue weighted by atomic mass is 10.1. The van der Waals surface area contributed by atoms with Crippen molar-refractivity contribution in [2.45, 2.75) is 12.8 Å². The van der Waals surface area contributed by atoms with Gasteiger partial charge in [-0.15, -0.1) is 0 Å². The predicted molar refractivity (Wildman–Crippen MR) is 93.2 cm³/mol. The molecule has 0 atom stereocenters. The fourth-order valence-electron chi connectivity index (χ4n) is 2.31. The molecule has 0 saturated carbocycles. The number of nitro benzene ring substituents is 1. The van der Waals surface area contributed by atoms with Crippen molar-refractivity contribution in [3.05, 3.63) is 38.3 Å². The zero-order chi connectivity index (χ0) is 19.3. The summed E-state index contributed by atoms with van der Waals surface area (Å²) in [6.07, 6.45) is 1.37. The second-order valence-electron chi connectivity index (χ2n) is 5.36. The minimum atomic E-state index is -0.509. The lowest BCUT2D eigenvalue weighted by Crippen LogP contribution is -2.11. The maximum atomic E-state index is 10.9. The van der Waals surface area contributed by atoms with Crippen LogP contribution in [0, 0.1) is 10.1 Å². The number of rotatable bonds is 14. The van der Waals surface area contributed by atoms with Gasteiger partial charge in [-0.2, -0.15) is 0 Å². The molecule has 1 heterocycles. The molecule has 12 nitrogen and oxygen atoms in total. The Labute approximate surface area is 154 Å². The van der Waals surface area contributed by atoms with E-state index in [0.717, 1.165) is 12.0 Å². The highest BCUT2D eigenvalue weighted by molar-refractivity contribution is 5.85. The molecule has 0 fully saturated rings. The highest BCUT2D eigenvalue weighted by atomic mass is 16.6. The van der Waals surface area contributed by atoms with Gasteiger partial charge < -0.3 is 14.2 Å². The molecule has 0 radical (unpaired) electrons. The summed E-state index contributed by atoms with van der Waals surface area (Å²) in [6, 6.07) is 3.07. The molecular formula is C15H20N6O6. The Bertz CT molecular complexity index is 775. The van der Waals surface area contributed by atoms with Gasteiger partial charge in [-0.25, -0.2) is 4.63 Å². The first kappa shape index (κ1) is 20.5. The number of azide groups is 1. The zero-order valence-corrected chi connectivity index (χ0v) is 14.7. The largest absolute Gasteiger partial charge is 0.379 e. The summed E-state index contributed by atoms with van der Waals surface area (Å²) in [5.74, 6) is 0. The zero-order valence-electron chi connectivity index (χ0n) is 14.7. The van der Waals surface area contributed by atoms with Gasteiger partial charge in [0.1, 0.15) is 5.52 Å². The Kier molecular flexibility index (Phi) is 8.93. The van der Waals surface area contributed by atoms with E-state index in [1.807, 2.05) is 0 Å². The van der Waals surface area contributed by atoms with Gasteiger partial charge in [0, 0.05) is 24.1 Å². The van der Waals surface area contributed by atoms with Crippen molar-refractivity contribution >= 4 is 16.7 Å². The molecule has 0 unspecified atom stereocenters. The van der Waals surface area contributed by atoms with Gasteiger partial charge in [0.05, 0.1) is 38.0 Å². The van der Waals surface area contributed by atoms with E-state index in [0.29, 0.717) is 58.1 Å². The molecule has 0 N–H and O–H groups in total. The van der Waals surface area contributed by atoms with Gasteiger partial charge >= 0.3 is 5.69 Å². The number of ether oxygens (including phenoxy) is 3. The Morgan fingerprint density at radius 3 is 2.44 bits per heavy atom. The van der Waals surface area contributed by atoms with Crippen LogP contribution in [-0.4, -0.2) is 61.4 Å². The predicted octanol–water partition coefficient (Wildman–Crippen LogP) is 2.42. The van der Waals surface area contributed by atoms with E-state index in [1.165, 1.54) is 6.07 Å². The number of fused-ring (bicyclic) bond motifs is 1. The highest BCUT2D eigenvalue weighted by Gasteiger charge is 2.19. The van der Waals surface area contributed by atoms with Crippen LogP contribution in [0.4, 0.5) is 5.69 Å². The van der Waals surface area contributed by atoms with Crippen LogP contribution in [0.5, 0.6) is 0 Å². The normalized spacial score (nSPS) is 10.8. The van der Waals surface area contributed by atoms with Gasteiger partial charge in [-0.1, -0.05) is 5.11 Å². The van der Waals surface area contributed by atoms with Gasteiger partial charge in [0.25, 0.3) is 0 Å². The SMILES string of the molecule is [N-]=[N+]=NCCOCCOCCOCCCc1ccc([N+](=O)[O-])c2nonc12. The third-order valence-electron chi connectivity index (χ3n) is 3.55. The quantitative estimate of drug-likeness (QED) is 0.121. The van der Waals surface area contributed by atoms with E-state index in [-0.39, 0.29) is 11.2 Å². The fourth-order valence-corrected chi connectivity index (χ4v) is 2.31. The number of nitrogens with zero attached hydrogens (tertiary/aromatic N) is 6. The smallest absolute Gasteiger partial charge is 0.300 e. The van der Waals surface area contributed by atoms with Crippen molar-refractivity contribution in [3.8, 4) is 0 Å². The van der Waals surface area contributed by atoms with E-state index in [4.69, 9.17) is 19.7 Å². The number of hydrogen-bond acceptors (Lipinski definition) is 9. The van der Waals surface area contributed by atoms with Gasteiger partial charge in [0.15, 0.2) is 0 Å². The molecule has 0 aliphatic carbocycles. The van der Waals surface area contributed by atoms with Crippen LogP contribution in [0.25, 0.3) is 21.5 Å². The average molecular weight is 380 g/mol. The van der Waals surface area contributed by atoms with Crippen molar-refractivity contribution < 1.29 is 23.8 Å². The molecule has 0 spiro atoms. The number of benzene rings is 1. The molecule has 146 valence electrons. The molecule has 0 bridgehead atoms. The summed E-state index contributed by atoms with van der Waals surface area (Å²) in [5, 5.41) is 21.7. The number of aromatic nitrogens is 2. The fraction of sp³-hybridized carbons (Fsp3) is 0.600. The Morgan fingerprint density at radius 2 is 1.74 bits per heavy atom. The van der Waals surface area contributed by atoms with Crippen LogP contribution < -0.4 is 0 Å². The molecule has 2 rings (SSSR count). The Balaban J connectivity index is 1.56. The van der Waals surface area contributed by atoms with E-state index >= 15 is 0 Å². The first-order valence-corrected chi connectivity index (χ1v) is 8.36. The summed E-state index contributed by atoms with van der Waals surface area (Å²) in [6.45, 7) is 3.00. The lowest BCUT2D eigenvalue weighted by molar-refractivity contribution is -0.383. The van der Waals surface area contributed by atoms with Gasteiger partial charge in [0.2, 0.25) is 5.52 Å². The number of non-ortho nitro benzene ring substituents is 1. The number of hydrogen-bond donors (Lipinski definition) is 0. The van der Waals surface area contributed by atoms with Crippen molar-refractivity contribution in [1.29, 1.82) is 0 Å². The number of nitro groups is 1. The van der Waals surface area contributed by atoms with E-state index in [2.05, 4.69) is 25.0 Å². The summed E-state index contributed by atoms with van der Waals surface area (Å²) in [7, 11) is 0. The second kappa shape index (κ2) is 11.8. The summed E-state index contributed by atoms with van der Waals surface area (Å²) in [5.41, 5.74) is 9.37. The number of aryl methyl sites for hydroxylation is 1. The summed E-state index contributed by atoms with van der Waals surface area (Å²) in [4.78, 5) is 13.1. The van der Waals surface area contributed by atoms with Crippen LogP contribution >= 0.6 is 0 Å². The maximum absolute atomic E-state index is 10.9. The van der Waals surface area contributed by atoms with Crippen LogP contribution in [0.15, 0.2) is 21.9 Å². The topological polar surface area (TPSA) is 159 Å². The van der Waals surface area contributed by atoms with E-state index < -0.39 is 4.92 Å². The van der Waals surface area contributed by atoms with Crippen molar-refractivity contribution in [2.24, 2.45) is 5.11 Å². The second-order valence-corrected chi connectivity index (χ2v) is 5.36. The molecular weight excluding hydrogens is 360 g/mol. The minimum absolute atomic E-state index is 0.120. The lowest BCUT2D eigenvalue weighted by Gasteiger charge is -2.06. The molecule has 12 heteroatoms. The molecule has 0 aliphatic rings. The van der Waals surface area contributed by atoms with Crippen LogP contribution in [0.1, 0.15) is 12.0 Å². The standard InChI is InChI=1S/C15H20N6O6/c16-20-17-5-7-25-9-11-26-10-8-24-6-1-2-12-3-4-13(21(22)23)15-14(12)18-27-19-15/h3-4H,1-2,5-11H2. The van der Waals surface area contributed by atoms with E-state index in [9.17, 15) is 10.1 Å². The van der Waals surface area contributed by atoms with Crippen LogP contribution in [0.2, 0.25) is 0 Å². The molecule has 27 heavy (non-hydrogen) atoms. The molecule has 0 saturated heterocycles. The van der Waals surface area contributed by atoms with Crippen molar-refractivity contribution in [2.75, 3.05) is 46.2 Å². The molecule has 2 aromatic rings. The summed E-state index contributed by atoms with van der Waals surface area (Å²) < 4.78 is 20.6. The van der Waals surface area contributed by atoms with Crippen molar-refractivity contribution in [3.63, 3.8) is 0 Å². The summed E-state index contributed by atoms with van der Waals surface area (Å²) >= 11 is 0. The van der Waals surface area contributed by atoms with Gasteiger partial charge in [-0.05, 0) is 40.3 Å². The molecule has 0 amide bonds. The average Bonchev–Trinajstić information content (AvgIpc) is 3.15. The van der Waals surface area contributed by atoms with Crippen LogP contribution in [-0.2, 0) is 20.6 Å². The Hall–Kier alpha value is -2.79. The molecule has 1 aromatic heterocycles. The maximum Gasteiger partial charge on any atom is 0.300 e. The molecule has 1 aromatic carbocycles. The van der Waals surface area contributed by atoms with E-state index in [1.54, 1.807) is 6.07 Å². The third-order valence-corrected chi connectivity index (χ3v) is 3.55. The monoisotopic (exact) mass is 380 g/mol. The first-order chi connectivity index (χ1) is 13.2. The molecule has 0 aliphatic heterocycles.